The monoisotopic (exact) mass is 347 g/mol. The number of fused-ring (bicyclic) bond motifs is 1. The first kappa shape index (κ1) is 16.3. The fourth-order valence-electron chi connectivity index (χ4n) is 3.16. The number of pyridine rings is 1. The molecule has 26 heavy (non-hydrogen) atoms. The summed E-state index contributed by atoms with van der Waals surface area (Å²) in [7, 11) is 0. The normalized spacial score (nSPS) is 16.3. The van der Waals surface area contributed by atoms with Crippen LogP contribution in [0.15, 0.2) is 61.2 Å². The summed E-state index contributed by atoms with van der Waals surface area (Å²) in [6, 6.07) is 13.6. The van der Waals surface area contributed by atoms with E-state index in [0.29, 0.717) is 24.0 Å². The van der Waals surface area contributed by atoms with Crippen molar-refractivity contribution in [2.45, 2.75) is 19.9 Å². The Bertz CT molecular complexity index is 919. The topological polar surface area (TPSA) is 63.1 Å². The molecule has 4 rings (SSSR count). The predicted molar refractivity (Wildman–Crippen MR) is 102 cm³/mol. The third-order valence-corrected chi connectivity index (χ3v) is 4.69. The molecular weight excluding hydrogens is 326 g/mol. The average molecular weight is 347 g/mol. The Kier molecular flexibility index (Phi) is 4.16. The Hall–Kier alpha value is -3.15. The highest BCUT2D eigenvalue weighted by atomic mass is 16.2. The first-order valence-electron chi connectivity index (χ1n) is 8.76. The van der Waals surface area contributed by atoms with Gasteiger partial charge in [0, 0.05) is 25.0 Å². The molecule has 1 aliphatic heterocycles. The van der Waals surface area contributed by atoms with Crippen molar-refractivity contribution in [2.24, 2.45) is 5.92 Å². The van der Waals surface area contributed by atoms with E-state index in [-0.39, 0.29) is 11.9 Å². The van der Waals surface area contributed by atoms with Gasteiger partial charge in [-0.2, -0.15) is 0 Å². The van der Waals surface area contributed by atoms with Crippen LogP contribution in [0.4, 0.5) is 11.4 Å². The lowest BCUT2D eigenvalue weighted by Crippen LogP contribution is -2.47. The van der Waals surface area contributed by atoms with Crippen LogP contribution in [0.2, 0.25) is 0 Å². The van der Waals surface area contributed by atoms with Crippen LogP contribution in [-0.4, -0.2) is 33.0 Å². The molecule has 0 aliphatic carbocycles. The van der Waals surface area contributed by atoms with Gasteiger partial charge in [-0.1, -0.05) is 32.0 Å². The minimum atomic E-state index is -0.0911. The van der Waals surface area contributed by atoms with Crippen LogP contribution < -0.4 is 10.2 Å². The number of benzene rings is 1. The van der Waals surface area contributed by atoms with Gasteiger partial charge in [0.05, 0.1) is 11.4 Å². The number of aromatic nitrogens is 3. The lowest BCUT2D eigenvalue weighted by molar-refractivity contribution is 0.0979. The van der Waals surface area contributed by atoms with Crippen molar-refractivity contribution < 1.29 is 4.79 Å². The van der Waals surface area contributed by atoms with Crippen LogP contribution in [0.1, 0.15) is 24.3 Å². The van der Waals surface area contributed by atoms with Gasteiger partial charge in [0.2, 0.25) is 0 Å². The smallest absolute Gasteiger partial charge is 0.277 e. The van der Waals surface area contributed by atoms with E-state index in [1.54, 1.807) is 23.2 Å². The van der Waals surface area contributed by atoms with Crippen LogP contribution in [0.25, 0.3) is 5.82 Å². The number of anilines is 2. The zero-order chi connectivity index (χ0) is 18.1. The zero-order valence-corrected chi connectivity index (χ0v) is 14.8. The van der Waals surface area contributed by atoms with Crippen molar-refractivity contribution in [2.75, 3.05) is 16.8 Å². The molecule has 1 aromatic carbocycles. The maximum atomic E-state index is 13.3. The Morgan fingerprint density at radius 3 is 2.81 bits per heavy atom. The third-order valence-electron chi connectivity index (χ3n) is 4.69. The number of nitrogens with one attached hydrogen (secondary N) is 1. The molecule has 6 heteroatoms. The number of nitrogens with zero attached hydrogens (tertiary/aromatic N) is 4. The van der Waals surface area contributed by atoms with Gasteiger partial charge in [0.15, 0.2) is 0 Å². The van der Waals surface area contributed by atoms with Crippen molar-refractivity contribution in [3.8, 4) is 5.82 Å². The number of carbonyl (C=O) groups excluding carboxylic acids is 1. The molecule has 6 nitrogen and oxygen atoms in total. The number of hydrogen-bond acceptors (Lipinski definition) is 4. The van der Waals surface area contributed by atoms with E-state index in [0.717, 1.165) is 11.4 Å². The van der Waals surface area contributed by atoms with Gasteiger partial charge in [0.1, 0.15) is 17.8 Å². The van der Waals surface area contributed by atoms with Crippen molar-refractivity contribution in [3.05, 3.63) is 66.9 Å². The second-order valence-electron chi connectivity index (χ2n) is 6.78. The number of carbonyl (C=O) groups is 1. The summed E-state index contributed by atoms with van der Waals surface area (Å²) in [5.74, 6) is 0.993. The number of hydrogen-bond donors (Lipinski definition) is 1. The second kappa shape index (κ2) is 6.63. The quantitative estimate of drug-likeness (QED) is 0.789. The van der Waals surface area contributed by atoms with E-state index in [9.17, 15) is 4.79 Å². The molecule has 132 valence electrons. The molecule has 1 amide bonds. The Morgan fingerprint density at radius 2 is 2.04 bits per heavy atom. The number of rotatable bonds is 3. The maximum Gasteiger partial charge on any atom is 0.277 e. The van der Waals surface area contributed by atoms with Gasteiger partial charge in [-0.3, -0.25) is 9.36 Å². The molecule has 1 unspecified atom stereocenters. The highest BCUT2D eigenvalue weighted by Crippen LogP contribution is 2.33. The SMILES string of the molecule is CC(C)C1CN(C(=O)c2cccc(-n3ccnc3)n2)c2ccccc2N1. The Morgan fingerprint density at radius 1 is 1.19 bits per heavy atom. The summed E-state index contributed by atoms with van der Waals surface area (Å²) in [6.07, 6.45) is 5.17. The van der Waals surface area contributed by atoms with Crippen molar-refractivity contribution in [3.63, 3.8) is 0 Å². The molecule has 0 fully saturated rings. The molecule has 1 atom stereocenters. The molecule has 0 radical (unpaired) electrons. The van der Waals surface area contributed by atoms with E-state index in [2.05, 4.69) is 29.1 Å². The van der Waals surface area contributed by atoms with Crippen LogP contribution in [-0.2, 0) is 0 Å². The van der Waals surface area contributed by atoms with E-state index in [1.165, 1.54) is 0 Å². The van der Waals surface area contributed by atoms with Gasteiger partial charge >= 0.3 is 0 Å². The van der Waals surface area contributed by atoms with Gasteiger partial charge in [-0.15, -0.1) is 0 Å². The number of para-hydroxylation sites is 2. The standard InChI is InChI=1S/C20H21N5O/c1-14(2)17-12-25(18-8-4-3-6-15(18)22-17)20(26)16-7-5-9-19(23-16)24-11-10-21-13-24/h3-11,13-14,17,22H,12H2,1-2H3. The highest BCUT2D eigenvalue weighted by Gasteiger charge is 2.30. The molecule has 1 aliphatic rings. The van der Waals surface area contributed by atoms with Gasteiger partial charge in [-0.25, -0.2) is 9.97 Å². The molecule has 0 bridgehead atoms. The van der Waals surface area contributed by atoms with E-state index in [1.807, 2.05) is 47.5 Å². The van der Waals surface area contributed by atoms with Gasteiger partial charge < -0.3 is 10.2 Å². The average Bonchev–Trinajstić information content (AvgIpc) is 3.21. The molecular formula is C20H21N5O. The van der Waals surface area contributed by atoms with E-state index < -0.39 is 0 Å². The van der Waals surface area contributed by atoms with Gasteiger partial charge in [0.25, 0.3) is 5.91 Å². The van der Waals surface area contributed by atoms with Crippen molar-refractivity contribution >= 4 is 17.3 Å². The molecule has 3 aromatic rings. The first-order valence-corrected chi connectivity index (χ1v) is 8.76. The first-order chi connectivity index (χ1) is 12.6. The fraction of sp³-hybridized carbons (Fsp3) is 0.250. The summed E-state index contributed by atoms with van der Waals surface area (Å²) >= 11 is 0. The van der Waals surface area contributed by atoms with Crippen LogP contribution >= 0.6 is 0 Å². The zero-order valence-electron chi connectivity index (χ0n) is 14.8. The fourth-order valence-corrected chi connectivity index (χ4v) is 3.16. The lowest BCUT2D eigenvalue weighted by Gasteiger charge is -2.37. The van der Waals surface area contributed by atoms with Crippen molar-refractivity contribution in [1.82, 2.24) is 14.5 Å². The van der Waals surface area contributed by atoms with Crippen LogP contribution in [0.3, 0.4) is 0 Å². The van der Waals surface area contributed by atoms with Crippen LogP contribution in [0.5, 0.6) is 0 Å². The molecule has 1 N–H and O–H groups in total. The van der Waals surface area contributed by atoms with Gasteiger partial charge in [-0.05, 0) is 30.2 Å². The van der Waals surface area contributed by atoms with E-state index >= 15 is 0 Å². The minimum Gasteiger partial charge on any atom is -0.379 e. The number of amides is 1. The third kappa shape index (κ3) is 2.94. The lowest BCUT2D eigenvalue weighted by atomic mass is 9.99. The van der Waals surface area contributed by atoms with Crippen molar-refractivity contribution in [1.29, 1.82) is 0 Å². The van der Waals surface area contributed by atoms with Crippen LogP contribution in [0, 0.1) is 5.92 Å². The number of imidazole rings is 1. The summed E-state index contributed by atoms with van der Waals surface area (Å²) in [5, 5.41) is 3.54. The Labute approximate surface area is 152 Å². The summed E-state index contributed by atoms with van der Waals surface area (Å²) in [6.45, 7) is 4.93. The molecule has 2 aromatic heterocycles. The summed E-state index contributed by atoms with van der Waals surface area (Å²) < 4.78 is 1.79. The minimum absolute atomic E-state index is 0.0911. The predicted octanol–water partition coefficient (Wildman–Crippen LogP) is 3.36. The summed E-state index contributed by atoms with van der Waals surface area (Å²) in [5.41, 5.74) is 2.30. The second-order valence-corrected chi connectivity index (χ2v) is 6.78. The molecule has 0 saturated heterocycles. The maximum absolute atomic E-state index is 13.3. The highest BCUT2D eigenvalue weighted by molar-refractivity contribution is 6.07. The molecule has 0 spiro atoms. The largest absolute Gasteiger partial charge is 0.379 e. The summed E-state index contributed by atoms with van der Waals surface area (Å²) in [4.78, 5) is 23.7. The molecule has 3 heterocycles. The molecule has 0 saturated carbocycles. The Balaban J connectivity index is 1.70. The van der Waals surface area contributed by atoms with E-state index in [4.69, 9.17) is 0 Å².